The summed E-state index contributed by atoms with van der Waals surface area (Å²) < 4.78 is 0. The lowest BCUT2D eigenvalue weighted by Crippen LogP contribution is -1.96. The zero-order valence-corrected chi connectivity index (χ0v) is 22.3. The zero-order valence-electron chi connectivity index (χ0n) is 22.3. The van der Waals surface area contributed by atoms with E-state index < -0.39 is 0 Å². The van der Waals surface area contributed by atoms with Crippen LogP contribution in [0.25, 0.3) is 66.1 Å². The maximum atomic E-state index is 11.4. The lowest BCUT2D eigenvalue weighted by atomic mass is 9.81. The van der Waals surface area contributed by atoms with Crippen molar-refractivity contribution < 1.29 is 5.11 Å². The number of hydrogen-bond acceptors (Lipinski definition) is 1. The number of fused-ring (bicyclic) bond motifs is 2. The molecule has 0 amide bonds. The predicted octanol–water partition coefficient (Wildman–Crippen LogP) is 10.7. The van der Waals surface area contributed by atoms with Gasteiger partial charge in [-0.05, 0) is 79.5 Å². The molecular formula is C39H28O. The number of phenols is 1. The molecule has 0 radical (unpaired) electrons. The third-order valence-electron chi connectivity index (χ3n) is 7.92. The molecule has 0 saturated heterocycles. The second-order valence-corrected chi connectivity index (χ2v) is 10.3. The van der Waals surface area contributed by atoms with Crippen molar-refractivity contribution in [3.05, 3.63) is 151 Å². The molecule has 7 aromatic carbocycles. The van der Waals surface area contributed by atoms with Crippen LogP contribution in [0.5, 0.6) is 5.75 Å². The standard InChI is InChI=1S/C39H28O/c1-26-14-8-9-19-29(26)39-35(40)25-24-34(37(39)28-17-6-3-7-18-28)38-32-22-12-10-20-30(32)36(27-15-4-2-5-16-27)31-21-11-13-23-33(31)38/h2-25,40H,1H3. The second kappa shape index (κ2) is 9.87. The molecule has 0 bridgehead atoms. The summed E-state index contributed by atoms with van der Waals surface area (Å²) in [5.41, 5.74) is 9.88. The third kappa shape index (κ3) is 3.87. The maximum absolute atomic E-state index is 11.4. The number of rotatable bonds is 4. The second-order valence-electron chi connectivity index (χ2n) is 10.3. The molecular weight excluding hydrogens is 484 g/mol. The Morgan fingerprint density at radius 1 is 0.350 bits per heavy atom. The van der Waals surface area contributed by atoms with Gasteiger partial charge in [-0.15, -0.1) is 0 Å². The Labute approximate surface area is 234 Å². The zero-order chi connectivity index (χ0) is 27.1. The number of aryl methyl sites for hydroxylation is 1. The van der Waals surface area contributed by atoms with E-state index in [2.05, 4.69) is 128 Å². The Morgan fingerprint density at radius 3 is 1.35 bits per heavy atom. The van der Waals surface area contributed by atoms with Crippen LogP contribution in [0.1, 0.15) is 5.56 Å². The van der Waals surface area contributed by atoms with Crippen molar-refractivity contribution in [2.45, 2.75) is 6.92 Å². The largest absolute Gasteiger partial charge is 0.507 e. The van der Waals surface area contributed by atoms with E-state index in [1.165, 1.54) is 38.2 Å². The molecule has 1 heteroatoms. The molecule has 190 valence electrons. The van der Waals surface area contributed by atoms with Crippen molar-refractivity contribution in [3.8, 4) is 50.3 Å². The van der Waals surface area contributed by atoms with Crippen LogP contribution in [0.4, 0.5) is 0 Å². The first-order valence-electron chi connectivity index (χ1n) is 13.7. The summed E-state index contributed by atoms with van der Waals surface area (Å²) in [4.78, 5) is 0. The molecule has 0 aliphatic heterocycles. The fraction of sp³-hybridized carbons (Fsp3) is 0.0256. The van der Waals surface area contributed by atoms with Crippen molar-refractivity contribution in [3.63, 3.8) is 0 Å². The van der Waals surface area contributed by atoms with Gasteiger partial charge in [0.25, 0.3) is 0 Å². The van der Waals surface area contributed by atoms with Crippen LogP contribution >= 0.6 is 0 Å². The summed E-state index contributed by atoms with van der Waals surface area (Å²) >= 11 is 0. The van der Waals surface area contributed by atoms with E-state index in [0.29, 0.717) is 0 Å². The Hall–Kier alpha value is -5.14. The van der Waals surface area contributed by atoms with Gasteiger partial charge in [-0.2, -0.15) is 0 Å². The van der Waals surface area contributed by atoms with E-state index in [-0.39, 0.29) is 5.75 Å². The first kappa shape index (κ1) is 23.9. The molecule has 1 N–H and O–H groups in total. The highest BCUT2D eigenvalue weighted by Crippen LogP contribution is 2.50. The average Bonchev–Trinajstić information content (AvgIpc) is 3.01. The van der Waals surface area contributed by atoms with Gasteiger partial charge in [0, 0.05) is 11.1 Å². The molecule has 0 saturated carbocycles. The fourth-order valence-corrected chi connectivity index (χ4v) is 6.17. The molecule has 7 rings (SSSR count). The molecule has 0 atom stereocenters. The van der Waals surface area contributed by atoms with Gasteiger partial charge in [-0.3, -0.25) is 0 Å². The maximum Gasteiger partial charge on any atom is 0.124 e. The Morgan fingerprint density at radius 2 is 0.800 bits per heavy atom. The smallest absolute Gasteiger partial charge is 0.124 e. The van der Waals surface area contributed by atoms with Gasteiger partial charge in [-0.1, -0.05) is 133 Å². The minimum Gasteiger partial charge on any atom is -0.507 e. The minimum absolute atomic E-state index is 0.284. The molecule has 0 heterocycles. The highest BCUT2D eigenvalue weighted by atomic mass is 16.3. The minimum atomic E-state index is 0.284. The lowest BCUT2D eigenvalue weighted by Gasteiger charge is -2.22. The molecule has 7 aromatic rings. The van der Waals surface area contributed by atoms with Gasteiger partial charge in [0.2, 0.25) is 0 Å². The molecule has 0 spiro atoms. The number of hydrogen-bond donors (Lipinski definition) is 1. The Bertz CT molecular complexity index is 1950. The molecule has 0 aliphatic carbocycles. The molecule has 1 nitrogen and oxygen atoms in total. The molecule has 0 fully saturated rings. The Balaban J connectivity index is 1.68. The SMILES string of the molecule is Cc1ccccc1-c1c(O)ccc(-c2c3ccccc3c(-c3ccccc3)c3ccccc23)c1-c1ccccc1. The van der Waals surface area contributed by atoms with Crippen LogP contribution < -0.4 is 0 Å². The van der Waals surface area contributed by atoms with Crippen molar-refractivity contribution in [2.24, 2.45) is 0 Å². The van der Waals surface area contributed by atoms with Crippen LogP contribution in [0.15, 0.2) is 146 Å². The van der Waals surface area contributed by atoms with E-state index in [4.69, 9.17) is 0 Å². The first-order valence-corrected chi connectivity index (χ1v) is 13.7. The Kier molecular flexibility index (Phi) is 5.91. The summed E-state index contributed by atoms with van der Waals surface area (Å²) in [5, 5.41) is 16.2. The monoisotopic (exact) mass is 512 g/mol. The average molecular weight is 513 g/mol. The van der Waals surface area contributed by atoms with Crippen LogP contribution in [-0.4, -0.2) is 5.11 Å². The fourth-order valence-electron chi connectivity index (χ4n) is 6.17. The normalized spacial score (nSPS) is 11.2. The van der Waals surface area contributed by atoms with E-state index in [9.17, 15) is 5.11 Å². The van der Waals surface area contributed by atoms with Crippen LogP contribution in [0, 0.1) is 6.92 Å². The first-order chi connectivity index (χ1) is 19.7. The number of phenolic OH excluding ortho intramolecular Hbond substituents is 1. The van der Waals surface area contributed by atoms with E-state index >= 15 is 0 Å². The van der Waals surface area contributed by atoms with E-state index in [1.807, 2.05) is 24.3 Å². The van der Waals surface area contributed by atoms with Gasteiger partial charge >= 0.3 is 0 Å². The summed E-state index contributed by atoms with van der Waals surface area (Å²) in [6.07, 6.45) is 0. The third-order valence-corrected chi connectivity index (χ3v) is 7.92. The molecule has 0 aromatic heterocycles. The highest BCUT2D eigenvalue weighted by molar-refractivity contribution is 6.23. The van der Waals surface area contributed by atoms with Crippen molar-refractivity contribution >= 4 is 21.5 Å². The predicted molar refractivity (Wildman–Crippen MR) is 170 cm³/mol. The van der Waals surface area contributed by atoms with Crippen LogP contribution in [0.3, 0.4) is 0 Å². The van der Waals surface area contributed by atoms with Gasteiger partial charge in [0.1, 0.15) is 5.75 Å². The molecule has 0 unspecified atom stereocenters. The van der Waals surface area contributed by atoms with Crippen LogP contribution in [-0.2, 0) is 0 Å². The van der Waals surface area contributed by atoms with Gasteiger partial charge in [0.05, 0.1) is 0 Å². The summed E-state index contributed by atoms with van der Waals surface area (Å²) in [6.45, 7) is 2.11. The highest BCUT2D eigenvalue weighted by Gasteiger charge is 2.23. The van der Waals surface area contributed by atoms with E-state index in [0.717, 1.165) is 33.4 Å². The summed E-state index contributed by atoms with van der Waals surface area (Å²) in [7, 11) is 0. The van der Waals surface area contributed by atoms with Gasteiger partial charge < -0.3 is 5.11 Å². The number of benzene rings is 7. The van der Waals surface area contributed by atoms with Gasteiger partial charge in [0.15, 0.2) is 0 Å². The number of aromatic hydroxyl groups is 1. The van der Waals surface area contributed by atoms with Gasteiger partial charge in [-0.25, -0.2) is 0 Å². The lowest BCUT2D eigenvalue weighted by molar-refractivity contribution is 0.477. The van der Waals surface area contributed by atoms with Crippen LogP contribution in [0.2, 0.25) is 0 Å². The quantitative estimate of drug-likeness (QED) is 0.233. The molecule has 40 heavy (non-hydrogen) atoms. The van der Waals surface area contributed by atoms with Crippen molar-refractivity contribution in [1.29, 1.82) is 0 Å². The van der Waals surface area contributed by atoms with Crippen molar-refractivity contribution in [2.75, 3.05) is 0 Å². The topological polar surface area (TPSA) is 20.2 Å². The summed E-state index contributed by atoms with van der Waals surface area (Å²) in [5.74, 6) is 0.284. The van der Waals surface area contributed by atoms with E-state index in [1.54, 1.807) is 0 Å². The molecule has 0 aliphatic rings. The summed E-state index contributed by atoms with van der Waals surface area (Å²) in [6, 6.07) is 50.8. The van der Waals surface area contributed by atoms with Crippen molar-refractivity contribution in [1.82, 2.24) is 0 Å².